The van der Waals surface area contributed by atoms with Gasteiger partial charge in [-0.1, -0.05) is 38.3 Å². The number of unbranched alkanes of at least 4 members (excludes halogenated alkanes) is 1. The predicted molar refractivity (Wildman–Crippen MR) is 98.5 cm³/mol. The summed E-state index contributed by atoms with van der Waals surface area (Å²) in [5.74, 6) is 2.15. The summed E-state index contributed by atoms with van der Waals surface area (Å²) in [6, 6.07) is 7.94. The van der Waals surface area contributed by atoms with Crippen LogP contribution in [0.1, 0.15) is 65.7 Å². The van der Waals surface area contributed by atoms with Crippen molar-refractivity contribution in [3.05, 3.63) is 24.3 Å². The van der Waals surface area contributed by atoms with E-state index in [0.717, 1.165) is 30.2 Å². The summed E-state index contributed by atoms with van der Waals surface area (Å²) >= 11 is 0. The van der Waals surface area contributed by atoms with Crippen LogP contribution in [0.25, 0.3) is 0 Å². The number of nitrogens with zero attached hydrogens (tertiary/aromatic N) is 1. The minimum atomic E-state index is -0.331. The number of ether oxygens (including phenoxy) is 1. The topological polar surface area (TPSA) is 29.5 Å². The van der Waals surface area contributed by atoms with Gasteiger partial charge in [0.05, 0.1) is 12.2 Å². The minimum Gasteiger partial charge on any atom is -0.484 e. The van der Waals surface area contributed by atoms with Crippen LogP contribution in [0.3, 0.4) is 0 Å². The van der Waals surface area contributed by atoms with Crippen LogP contribution in [0.2, 0.25) is 0 Å². The maximum absolute atomic E-state index is 13.2. The molecule has 1 aromatic carbocycles. The highest BCUT2D eigenvalue weighted by Crippen LogP contribution is 2.40. The van der Waals surface area contributed by atoms with Crippen LogP contribution in [0.4, 0.5) is 5.69 Å². The Kier molecular flexibility index (Phi) is 5.17. The second-order valence-electron chi connectivity index (χ2n) is 8.11. The largest absolute Gasteiger partial charge is 0.484 e. The highest BCUT2D eigenvalue weighted by atomic mass is 16.5. The van der Waals surface area contributed by atoms with Crippen LogP contribution in [0, 0.1) is 11.8 Å². The first-order valence-corrected chi connectivity index (χ1v) is 9.59. The van der Waals surface area contributed by atoms with Crippen LogP contribution >= 0.6 is 0 Å². The maximum Gasteiger partial charge on any atom is 0.230 e. The molecule has 132 valence electrons. The summed E-state index contributed by atoms with van der Waals surface area (Å²) in [6.45, 7) is 7.02. The van der Waals surface area contributed by atoms with Crippen LogP contribution in [0.15, 0.2) is 24.3 Å². The van der Waals surface area contributed by atoms with Gasteiger partial charge >= 0.3 is 0 Å². The molecule has 1 saturated carbocycles. The maximum atomic E-state index is 13.2. The fourth-order valence-electron chi connectivity index (χ4n) is 4.17. The van der Waals surface area contributed by atoms with E-state index in [4.69, 9.17) is 4.74 Å². The Hall–Kier alpha value is -1.51. The number of anilines is 1. The molecule has 1 aromatic rings. The average molecular weight is 329 g/mol. The van der Waals surface area contributed by atoms with Crippen molar-refractivity contribution >= 4 is 11.6 Å². The van der Waals surface area contributed by atoms with Crippen LogP contribution in [-0.2, 0) is 4.79 Å². The van der Waals surface area contributed by atoms with E-state index in [1.165, 1.54) is 32.1 Å². The monoisotopic (exact) mass is 329 g/mol. The molecule has 0 atom stereocenters. The lowest BCUT2D eigenvalue weighted by molar-refractivity contribution is -0.124. The Morgan fingerprint density at radius 1 is 1.21 bits per heavy atom. The number of hydrogen-bond acceptors (Lipinski definition) is 2. The fraction of sp³-hybridized carbons (Fsp3) is 0.667. The molecule has 0 unspecified atom stereocenters. The van der Waals surface area contributed by atoms with E-state index in [0.29, 0.717) is 12.5 Å². The lowest BCUT2D eigenvalue weighted by atomic mass is 9.79. The first-order chi connectivity index (χ1) is 11.5. The number of fused-ring (bicyclic) bond motifs is 1. The molecule has 0 N–H and O–H groups in total. The van der Waals surface area contributed by atoms with E-state index in [2.05, 4.69) is 20.8 Å². The van der Waals surface area contributed by atoms with Gasteiger partial charge in [0.15, 0.2) is 0 Å². The van der Waals surface area contributed by atoms with Crippen LogP contribution < -0.4 is 9.64 Å². The van der Waals surface area contributed by atoms with Gasteiger partial charge in [-0.25, -0.2) is 0 Å². The number of amides is 1. The van der Waals surface area contributed by atoms with Gasteiger partial charge in [-0.05, 0) is 57.6 Å². The third kappa shape index (κ3) is 3.76. The molecule has 0 spiro atoms. The fourth-order valence-corrected chi connectivity index (χ4v) is 4.17. The lowest BCUT2D eigenvalue weighted by Crippen LogP contribution is -2.51. The summed E-state index contributed by atoms with van der Waals surface area (Å²) in [5.41, 5.74) is 0.609. The summed E-state index contributed by atoms with van der Waals surface area (Å²) in [4.78, 5) is 15.2. The number of carbonyl (C=O) groups excluding carboxylic acids is 1. The van der Waals surface area contributed by atoms with Gasteiger partial charge in [0.2, 0.25) is 5.91 Å². The summed E-state index contributed by atoms with van der Waals surface area (Å²) in [7, 11) is 0. The van der Waals surface area contributed by atoms with Gasteiger partial charge < -0.3 is 9.64 Å². The zero-order valence-corrected chi connectivity index (χ0v) is 15.4. The van der Waals surface area contributed by atoms with E-state index < -0.39 is 0 Å². The van der Waals surface area contributed by atoms with E-state index in [9.17, 15) is 4.79 Å². The molecule has 1 fully saturated rings. The molecule has 1 aliphatic heterocycles. The van der Waals surface area contributed by atoms with Gasteiger partial charge in [0.25, 0.3) is 0 Å². The zero-order valence-electron chi connectivity index (χ0n) is 15.4. The summed E-state index contributed by atoms with van der Waals surface area (Å²) in [6.07, 6.45) is 8.47. The average Bonchev–Trinajstić information content (AvgIpc) is 2.58. The molecule has 0 aromatic heterocycles. The Balaban J connectivity index is 1.69. The molecule has 1 amide bonds. The molecule has 0 radical (unpaired) electrons. The van der Waals surface area contributed by atoms with E-state index in [1.807, 2.05) is 29.2 Å². The Morgan fingerprint density at radius 2 is 1.92 bits per heavy atom. The lowest BCUT2D eigenvalue weighted by Gasteiger charge is -2.41. The zero-order chi connectivity index (χ0) is 17.2. The van der Waals surface area contributed by atoms with E-state index in [1.54, 1.807) is 0 Å². The predicted octanol–water partition coefficient (Wildman–Crippen LogP) is 5.19. The second-order valence-corrected chi connectivity index (χ2v) is 8.11. The molecule has 3 nitrogen and oxygen atoms in total. The van der Waals surface area contributed by atoms with Crippen LogP contribution in [0.5, 0.6) is 5.75 Å². The van der Waals surface area contributed by atoms with Crippen molar-refractivity contribution in [1.82, 2.24) is 0 Å². The molecule has 3 rings (SSSR count). The minimum absolute atomic E-state index is 0.185. The molecule has 1 aliphatic carbocycles. The Labute approximate surface area is 146 Å². The van der Waals surface area contributed by atoms with Crippen molar-refractivity contribution in [3.8, 4) is 5.75 Å². The number of carbonyl (C=O) groups is 1. The molecule has 1 heterocycles. The Bertz CT molecular complexity index is 573. The number of rotatable bonds is 4. The van der Waals surface area contributed by atoms with E-state index in [-0.39, 0.29) is 11.5 Å². The third-order valence-electron chi connectivity index (χ3n) is 5.51. The van der Waals surface area contributed by atoms with Crippen molar-refractivity contribution in [2.45, 2.75) is 71.3 Å². The van der Waals surface area contributed by atoms with Gasteiger partial charge in [-0.2, -0.15) is 0 Å². The summed E-state index contributed by atoms with van der Waals surface area (Å²) in [5, 5.41) is 0. The van der Waals surface area contributed by atoms with Gasteiger partial charge in [0, 0.05) is 5.92 Å². The van der Waals surface area contributed by atoms with Gasteiger partial charge in [-0.3, -0.25) is 4.79 Å². The molecule has 2 aliphatic rings. The molecular formula is C21H31NO2. The number of hydrogen-bond donors (Lipinski definition) is 0. The Morgan fingerprint density at radius 3 is 2.62 bits per heavy atom. The van der Waals surface area contributed by atoms with Crippen molar-refractivity contribution < 1.29 is 9.53 Å². The normalized spacial score (nSPS) is 25.7. The quantitative estimate of drug-likeness (QED) is 0.761. The standard InChI is InChI=1S/C21H31NO2/c1-4-5-8-16-11-13-17(14-12-16)20(23)22-15-21(2,3)24-19-10-7-6-9-18(19)22/h6-7,9-10,16-17H,4-5,8,11-15H2,1-3H3. The smallest absolute Gasteiger partial charge is 0.230 e. The van der Waals surface area contributed by atoms with Crippen molar-refractivity contribution in [3.63, 3.8) is 0 Å². The third-order valence-corrected chi connectivity index (χ3v) is 5.51. The highest BCUT2D eigenvalue weighted by Gasteiger charge is 2.38. The van der Waals surface area contributed by atoms with Gasteiger partial charge in [0.1, 0.15) is 11.4 Å². The number of benzene rings is 1. The van der Waals surface area contributed by atoms with E-state index >= 15 is 0 Å². The molecule has 24 heavy (non-hydrogen) atoms. The SMILES string of the molecule is CCCCC1CCC(C(=O)N2CC(C)(C)Oc3ccccc32)CC1. The molecule has 0 bridgehead atoms. The molecular weight excluding hydrogens is 298 g/mol. The van der Waals surface area contributed by atoms with Crippen molar-refractivity contribution in [2.75, 3.05) is 11.4 Å². The van der Waals surface area contributed by atoms with Gasteiger partial charge in [-0.15, -0.1) is 0 Å². The van der Waals surface area contributed by atoms with Crippen LogP contribution in [-0.4, -0.2) is 18.1 Å². The highest BCUT2D eigenvalue weighted by molar-refractivity contribution is 5.97. The number of para-hydroxylation sites is 2. The second kappa shape index (κ2) is 7.16. The first-order valence-electron chi connectivity index (χ1n) is 9.59. The van der Waals surface area contributed by atoms with Crippen molar-refractivity contribution in [2.24, 2.45) is 11.8 Å². The molecule has 3 heteroatoms. The van der Waals surface area contributed by atoms with Crippen molar-refractivity contribution in [1.29, 1.82) is 0 Å². The first kappa shape index (κ1) is 17.3. The molecule has 0 saturated heterocycles. The summed E-state index contributed by atoms with van der Waals surface area (Å²) < 4.78 is 6.05.